The van der Waals surface area contributed by atoms with Crippen LogP contribution in [0.4, 0.5) is 79.6 Å². The molecule has 6 nitrogen and oxygen atoms in total. The fourth-order valence-corrected chi connectivity index (χ4v) is 35.0. The van der Waals surface area contributed by atoms with Crippen LogP contribution in [0.25, 0.3) is 40.3 Å². The van der Waals surface area contributed by atoms with Crippen LogP contribution in [0.3, 0.4) is 0 Å². The topological polar surface area (TPSA) is 19.4 Å². The van der Waals surface area contributed by atoms with Crippen LogP contribution in [-0.4, -0.2) is 35.6 Å². The zero-order valence-electron chi connectivity index (χ0n) is 84.1. The molecule has 10 heterocycles. The number of hydrogen-bond donors (Lipinski definition) is 0. The predicted molar refractivity (Wildman–Crippen MR) is 588 cm³/mol. The Bertz CT molecular complexity index is 7870. The Morgan fingerprint density at radius 1 is 0.314 bits per heavy atom. The molecule has 10 heteroatoms. The lowest BCUT2D eigenvalue weighted by atomic mass is 9.33. The number of aryl methyl sites for hydroxylation is 2. The van der Waals surface area contributed by atoms with Crippen LogP contribution >= 0.6 is 22.7 Å². The highest BCUT2D eigenvalue weighted by atomic mass is 32.1. The van der Waals surface area contributed by atoms with Gasteiger partial charge in [0.2, 0.25) is 0 Å². The largest absolute Gasteiger partial charge is 0.335 e. The molecule has 686 valence electrons. The maximum Gasteiger partial charge on any atom is 0.252 e. The smallest absolute Gasteiger partial charge is 0.252 e. The molecule has 9 unspecified atom stereocenters. The summed E-state index contributed by atoms with van der Waals surface area (Å²) in [5, 5.41) is 5.34. The van der Waals surface area contributed by atoms with E-state index in [1.807, 2.05) is 22.7 Å². The standard InChI is InChI=1S/C127H130B2N6S2/c1-75-62-105-113-106(63-75)134-115-95(121(14)54-28-30-56-123(121,134)16)66-80(117(6,7)8)67-99(115)129(113)97-48-43-83(70-103(97)131(105)82-46-51-111-88(69-82)86-36-24-26-41-109(86)137-111)132-100-49-42-79(116(3,4)5)65-94(100)127(78-33-21-20-22-34-78)74-77(52-58-125(127,132)18)89-38-32-57-124(17)126(89,19)90-37-31-39-98-114(90)135(124)107-64-76(2)61-104-112(107)128(98)96-47-44-84(71-102(96)130(104)81-45-50-110-87(68-81)85-35-23-25-40-108(85)136-110)133-101-73-92-91(118(9,10)59-60-119(92,11)12)72-93(101)120(13)53-27-29-55-122(120,133)15/h20-26,31,33-37,39-51,61-73,77,89H,27-30,32,38,52-60,74H2,1-19H3/t77?,89?,120?,121?,122-,123?,124?,125?,126?,127?/m0/s1. The van der Waals surface area contributed by atoms with Gasteiger partial charge in [-0.2, -0.15) is 0 Å². The molecule has 13 aromatic carbocycles. The van der Waals surface area contributed by atoms with Crippen molar-refractivity contribution in [1.29, 1.82) is 0 Å². The summed E-state index contributed by atoms with van der Waals surface area (Å²) in [4.78, 5) is 17.4. The van der Waals surface area contributed by atoms with Crippen molar-refractivity contribution >= 4 is 189 Å². The minimum Gasteiger partial charge on any atom is -0.335 e. The van der Waals surface area contributed by atoms with Gasteiger partial charge in [0, 0.05) is 142 Å². The van der Waals surface area contributed by atoms with Crippen molar-refractivity contribution in [2.45, 2.75) is 300 Å². The van der Waals surface area contributed by atoms with Gasteiger partial charge in [0.25, 0.3) is 13.4 Å². The van der Waals surface area contributed by atoms with E-state index in [4.69, 9.17) is 0 Å². The second-order valence-corrected chi connectivity index (χ2v) is 52.3. The predicted octanol–water partition coefficient (Wildman–Crippen LogP) is 30.4. The van der Waals surface area contributed by atoms with Gasteiger partial charge in [-0.25, -0.2) is 0 Å². The van der Waals surface area contributed by atoms with Crippen LogP contribution in [0.1, 0.15) is 282 Å². The number of benzene rings is 13. The Morgan fingerprint density at radius 3 is 1.41 bits per heavy atom. The molecule has 0 saturated heterocycles. The second-order valence-electron chi connectivity index (χ2n) is 50.1. The summed E-state index contributed by atoms with van der Waals surface area (Å²) >= 11 is 3.86. The lowest BCUT2D eigenvalue weighted by molar-refractivity contribution is 0.0274. The number of para-hydroxylation sites is 1. The SMILES string of the molecule is Cc1cc2c3c(c1)N1c4c(cc(C(C)(C)C)cc4C4(C)CCCCC14C)B3c1ccc(N3c4ccc(C(C)(C)C)cc4C4(c5ccccc5)CC(C5CCCC6(C)N7c8cc(C)cc9c8B(c8ccc(N%10c%11cc%12c(cc%11C%11(C)CCCC[C@]%10%11C)C(C)(C)CCC%12(C)C)cc8N9c8ccc9sc%10ccccc%10c9c8)c8cccc(c87)C56C)CCC34C)cc1N2c1ccc2sc3ccccc3c2c1. The third-order valence-electron chi connectivity index (χ3n) is 40.5. The molecule has 0 amide bonds. The normalized spacial score (nSPS) is 27.7. The maximum absolute atomic E-state index is 3.04. The molecule has 4 fully saturated rings. The molecule has 15 aromatic rings. The summed E-state index contributed by atoms with van der Waals surface area (Å²) in [5.41, 5.74) is 42.3. The van der Waals surface area contributed by atoms with Gasteiger partial charge in [-0.1, -0.05) is 250 Å². The number of nitrogens with zero attached hydrogens (tertiary/aromatic N) is 6. The molecule has 0 spiro atoms. The second kappa shape index (κ2) is 27.5. The molecule has 2 aromatic heterocycles. The number of hydrogen-bond acceptors (Lipinski definition) is 8. The third-order valence-corrected chi connectivity index (χ3v) is 42.9. The Labute approximate surface area is 821 Å². The molecule has 0 bridgehead atoms. The van der Waals surface area contributed by atoms with Gasteiger partial charge >= 0.3 is 0 Å². The minimum atomic E-state index is -0.429. The van der Waals surface area contributed by atoms with Gasteiger partial charge in [0.05, 0.1) is 22.2 Å². The zero-order valence-corrected chi connectivity index (χ0v) is 85.8. The Hall–Kier alpha value is -10.8. The van der Waals surface area contributed by atoms with Crippen molar-refractivity contribution in [3.05, 3.63) is 298 Å². The molecule has 10 atom stereocenters. The Balaban J connectivity index is 0.619. The van der Waals surface area contributed by atoms with E-state index in [0.717, 1.165) is 32.1 Å². The first-order valence-corrected chi connectivity index (χ1v) is 54.1. The van der Waals surface area contributed by atoms with Crippen molar-refractivity contribution < 1.29 is 0 Å². The molecule has 5 aliphatic carbocycles. The fraction of sp³-hybridized carbons (Fsp3) is 0.386. The van der Waals surface area contributed by atoms with Gasteiger partial charge < -0.3 is 29.4 Å². The number of anilines is 14. The van der Waals surface area contributed by atoms with Gasteiger partial charge in [-0.05, 0) is 349 Å². The molecule has 137 heavy (non-hydrogen) atoms. The van der Waals surface area contributed by atoms with E-state index in [0.29, 0.717) is 11.8 Å². The van der Waals surface area contributed by atoms with Crippen molar-refractivity contribution in [3.8, 4) is 0 Å². The minimum absolute atomic E-state index is 0.00304. The number of thiophene rings is 2. The highest BCUT2D eigenvalue weighted by Gasteiger charge is 2.71. The zero-order chi connectivity index (χ0) is 93.6. The highest BCUT2D eigenvalue weighted by molar-refractivity contribution is 7.26. The Kier molecular flexibility index (Phi) is 16.9. The monoisotopic (exact) mass is 1820 g/mol. The number of fused-ring (bicyclic) bond motifs is 27. The molecular formula is C127H130B2N6S2. The fourth-order valence-electron chi connectivity index (χ4n) is 32.9. The summed E-state index contributed by atoms with van der Waals surface area (Å²) in [6.07, 6.45) is 18.8. The van der Waals surface area contributed by atoms with E-state index in [1.165, 1.54) is 257 Å². The summed E-state index contributed by atoms with van der Waals surface area (Å²) in [6.45, 7) is 48.7. The first-order valence-electron chi connectivity index (χ1n) is 52.5. The van der Waals surface area contributed by atoms with Crippen LogP contribution < -0.4 is 62.2 Å². The van der Waals surface area contributed by atoms with Crippen LogP contribution in [0.2, 0.25) is 0 Å². The third kappa shape index (κ3) is 10.5. The van der Waals surface area contributed by atoms with Gasteiger partial charge in [-0.3, -0.25) is 0 Å². The summed E-state index contributed by atoms with van der Waals surface area (Å²) < 4.78 is 5.36. The highest BCUT2D eigenvalue weighted by Crippen LogP contribution is 2.73. The average molecular weight is 1830 g/mol. The molecule has 0 radical (unpaired) electrons. The maximum atomic E-state index is 3.04. The summed E-state index contributed by atoms with van der Waals surface area (Å²) in [5.74, 6) is 0.738. The molecule has 13 aliphatic rings. The van der Waals surface area contributed by atoms with E-state index in [9.17, 15) is 0 Å². The lowest BCUT2D eigenvalue weighted by Gasteiger charge is -2.60. The average Bonchev–Trinajstić information content (AvgIpc) is 1.44. The molecular weight excluding hydrogens is 1700 g/mol. The van der Waals surface area contributed by atoms with Crippen molar-refractivity contribution in [1.82, 2.24) is 0 Å². The summed E-state index contributed by atoms with van der Waals surface area (Å²) in [7, 11) is 0. The van der Waals surface area contributed by atoms with Gasteiger partial charge in [-0.15, -0.1) is 22.7 Å². The van der Waals surface area contributed by atoms with Crippen LogP contribution in [-0.2, 0) is 43.3 Å². The lowest BCUT2D eigenvalue weighted by Crippen LogP contribution is -2.66. The van der Waals surface area contributed by atoms with Crippen LogP contribution in [0.5, 0.6) is 0 Å². The van der Waals surface area contributed by atoms with E-state index in [-0.39, 0.29) is 67.9 Å². The Morgan fingerprint density at radius 2 is 0.810 bits per heavy atom. The van der Waals surface area contributed by atoms with E-state index in [1.54, 1.807) is 27.8 Å². The first kappa shape index (κ1) is 84.3. The van der Waals surface area contributed by atoms with Crippen molar-refractivity contribution in [2.75, 3.05) is 29.4 Å². The first-order chi connectivity index (χ1) is 65.5. The molecule has 28 rings (SSSR count). The summed E-state index contributed by atoms with van der Waals surface area (Å²) in [6, 6.07) is 98.6. The van der Waals surface area contributed by atoms with E-state index in [2.05, 4.69) is 398 Å². The quantitative estimate of drug-likeness (QED) is 0.153. The van der Waals surface area contributed by atoms with E-state index < -0.39 is 11.0 Å². The molecule has 8 aliphatic heterocycles. The van der Waals surface area contributed by atoms with E-state index >= 15 is 0 Å². The number of rotatable bonds is 6. The van der Waals surface area contributed by atoms with Gasteiger partial charge in [0.1, 0.15) is 0 Å². The molecule has 0 N–H and O–H groups in total. The van der Waals surface area contributed by atoms with Crippen molar-refractivity contribution in [2.24, 2.45) is 11.8 Å². The van der Waals surface area contributed by atoms with Crippen LogP contribution in [0, 0.1) is 25.7 Å². The van der Waals surface area contributed by atoms with Gasteiger partial charge in [0.15, 0.2) is 0 Å². The van der Waals surface area contributed by atoms with Crippen LogP contribution in [0.15, 0.2) is 237 Å². The van der Waals surface area contributed by atoms with Crippen molar-refractivity contribution in [3.63, 3.8) is 0 Å². The molecule has 4 saturated carbocycles.